The van der Waals surface area contributed by atoms with E-state index >= 15 is 0 Å². The largest absolute Gasteiger partial charge is 0.390 e. The Kier molecular flexibility index (Phi) is 6.50. The van der Waals surface area contributed by atoms with Gasteiger partial charge in [0.15, 0.2) is 5.82 Å². The van der Waals surface area contributed by atoms with Gasteiger partial charge in [0, 0.05) is 37.3 Å². The van der Waals surface area contributed by atoms with Crippen LogP contribution in [0.5, 0.6) is 0 Å². The zero-order chi connectivity index (χ0) is 20.8. The van der Waals surface area contributed by atoms with Gasteiger partial charge in [0.1, 0.15) is 23.0 Å². The molecule has 0 aliphatic heterocycles. The van der Waals surface area contributed by atoms with Gasteiger partial charge in [-0.05, 0) is 39.8 Å². The molecule has 0 aliphatic carbocycles. The predicted octanol–water partition coefficient (Wildman–Crippen LogP) is 2.78. The van der Waals surface area contributed by atoms with Gasteiger partial charge in [-0.1, -0.05) is 0 Å². The zero-order valence-corrected chi connectivity index (χ0v) is 17.0. The molecule has 0 aliphatic rings. The number of rotatable bonds is 9. The Hall–Kier alpha value is -3.33. The van der Waals surface area contributed by atoms with E-state index in [0.29, 0.717) is 35.6 Å². The average Bonchev–Trinajstić information content (AvgIpc) is 3.03. The van der Waals surface area contributed by atoms with Gasteiger partial charge in [-0.3, -0.25) is 0 Å². The summed E-state index contributed by atoms with van der Waals surface area (Å²) in [6.45, 7) is 7.61. The molecule has 0 saturated heterocycles. The molecule has 3 aromatic heterocycles. The zero-order valence-electron chi connectivity index (χ0n) is 17.0. The molecule has 29 heavy (non-hydrogen) atoms. The quantitative estimate of drug-likeness (QED) is 0.325. The molecular formula is C20H27N9. The number of nitrogens with zero attached hydrogens (tertiary/aromatic N) is 5. The van der Waals surface area contributed by atoms with Gasteiger partial charge in [0.25, 0.3) is 0 Å². The lowest BCUT2D eigenvalue weighted by molar-refractivity contribution is 0.600. The first-order valence-electron chi connectivity index (χ1n) is 9.62. The SMILES string of the molecule is Cc1nc2cnc(Nc3ccnc(/C(C=N)=C/NCCCN)n3)cc2n1C(C)C. The summed E-state index contributed by atoms with van der Waals surface area (Å²) in [6, 6.07) is 4.04. The van der Waals surface area contributed by atoms with Crippen molar-refractivity contribution < 1.29 is 0 Å². The van der Waals surface area contributed by atoms with Crippen molar-refractivity contribution in [3.05, 3.63) is 42.4 Å². The Morgan fingerprint density at radius 3 is 2.83 bits per heavy atom. The fourth-order valence-electron chi connectivity index (χ4n) is 3.09. The van der Waals surface area contributed by atoms with E-state index < -0.39 is 0 Å². The van der Waals surface area contributed by atoms with E-state index in [4.69, 9.17) is 11.1 Å². The molecule has 0 spiro atoms. The van der Waals surface area contributed by atoms with E-state index in [-0.39, 0.29) is 0 Å². The number of aromatic nitrogens is 5. The third-order valence-corrected chi connectivity index (χ3v) is 4.38. The van der Waals surface area contributed by atoms with E-state index in [2.05, 4.69) is 49.0 Å². The van der Waals surface area contributed by atoms with Crippen molar-refractivity contribution in [1.82, 2.24) is 29.8 Å². The highest BCUT2D eigenvalue weighted by Crippen LogP contribution is 2.23. The van der Waals surface area contributed by atoms with Crippen LogP contribution in [0.25, 0.3) is 16.6 Å². The lowest BCUT2D eigenvalue weighted by Crippen LogP contribution is -2.13. The first-order valence-corrected chi connectivity index (χ1v) is 9.62. The maximum absolute atomic E-state index is 7.65. The Balaban J connectivity index is 1.84. The fraction of sp³-hybridized carbons (Fsp3) is 0.350. The van der Waals surface area contributed by atoms with E-state index in [1.807, 2.05) is 13.0 Å². The summed E-state index contributed by atoms with van der Waals surface area (Å²) in [5, 5.41) is 14.0. The minimum Gasteiger partial charge on any atom is -0.390 e. The van der Waals surface area contributed by atoms with Crippen LogP contribution in [0.2, 0.25) is 0 Å². The van der Waals surface area contributed by atoms with Gasteiger partial charge in [0.2, 0.25) is 0 Å². The van der Waals surface area contributed by atoms with Crippen molar-refractivity contribution in [2.75, 3.05) is 18.4 Å². The van der Waals surface area contributed by atoms with Crippen LogP contribution in [0.15, 0.2) is 30.7 Å². The van der Waals surface area contributed by atoms with E-state index in [1.54, 1.807) is 24.7 Å². The molecule has 0 bridgehead atoms. The van der Waals surface area contributed by atoms with Gasteiger partial charge < -0.3 is 26.3 Å². The lowest BCUT2D eigenvalue weighted by atomic mass is 10.3. The number of hydrogen-bond acceptors (Lipinski definition) is 8. The van der Waals surface area contributed by atoms with Gasteiger partial charge in [-0.2, -0.15) is 0 Å². The molecule has 3 aromatic rings. The fourth-order valence-corrected chi connectivity index (χ4v) is 3.09. The number of nitrogens with two attached hydrogens (primary N) is 1. The van der Waals surface area contributed by atoms with Crippen molar-refractivity contribution in [1.29, 1.82) is 5.41 Å². The number of aryl methyl sites for hydroxylation is 1. The maximum Gasteiger partial charge on any atom is 0.164 e. The van der Waals surface area contributed by atoms with E-state index in [1.165, 1.54) is 6.21 Å². The molecule has 5 N–H and O–H groups in total. The van der Waals surface area contributed by atoms with Gasteiger partial charge >= 0.3 is 0 Å². The summed E-state index contributed by atoms with van der Waals surface area (Å²) in [6.07, 6.45) is 7.22. The van der Waals surface area contributed by atoms with Gasteiger partial charge in [-0.25, -0.2) is 19.9 Å². The predicted molar refractivity (Wildman–Crippen MR) is 116 cm³/mol. The summed E-state index contributed by atoms with van der Waals surface area (Å²) in [5.74, 6) is 2.69. The summed E-state index contributed by atoms with van der Waals surface area (Å²) in [5.41, 5.74) is 7.97. The molecule has 152 valence electrons. The minimum atomic E-state index is 0.299. The van der Waals surface area contributed by atoms with Gasteiger partial charge in [0.05, 0.1) is 17.3 Å². The van der Waals surface area contributed by atoms with Crippen LogP contribution in [-0.4, -0.2) is 43.8 Å². The summed E-state index contributed by atoms with van der Waals surface area (Å²) >= 11 is 0. The first-order chi connectivity index (χ1) is 14.0. The number of pyridine rings is 1. The maximum atomic E-state index is 7.65. The van der Waals surface area contributed by atoms with Crippen molar-refractivity contribution in [2.45, 2.75) is 33.2 Å². The van der Waals surface area contributed by atoms with Crippen molar-refractivity contribution in [3.8, 4) is 0 Å². The minimum absolute atomic E-state index is 0.299. The Morgan fingerprint density at radius 1 is 1.28 bits per heavy atom. The van der Waals surface area contributed by atoms with Crippen LogP contribution in [0, 0.1) is 12.3 Å². The van der Waals surface area contributed by atoms with Crippen molar-refractivity contribution >= 4 is 34.5 Å². The second-order valence-electron chi connectivity index (χ2n) is 6.91. The van der Waals surface area contributed by atoms with Crippen LogP contribution >= 0.6 is 0 Å². The number of allylic oxidation sites excluding steroid dienone is 1. The normalized spacial score (nSPS) is 11.8. The molecule has 0 saturated carbocycles. The molecule has 0 radical (unpaired) electrons. The summed E-state index contributed by atoms with van der Waals surface area (Å²) in [7, 11) is 0. The second kappa shape index (κ2) is 9.24. The second-order valence-corrected chi connectivity index (χ2v) is 6.91. The molecular weight excluding hydrogens is 366 g/mol. The summed E-state index contributed by atoms with van der Waals surface area (Å²) in [4.78, 5) is 17.8. The number of fused-ring (bicyclic) bond motifs is 1. The molecule has 3 heterocycles. The monoisotopic (exact) mass is 393 g/mol. The number of anilines is 2. The highest BCUT2D eigenvalue weighted by atomic mass is 15.1. The number of imidazole rings is 1. The highest BCUT2D eigenvalue weighted by Gasteiger charge is 2.12. The van der Waals surface area contributed by atoms with E-state index in [9.17, 15) is 0 Å². The average molecular weight is 393 g/mol. The third kappa shape index (κ3) is 4.75. The molecule has 0 fully saturated rings. The van der Waals surface area contributed by atoms with Crippen LogP contribution in [0.1, 0.15) is 38.0 Å². The molecule has 0 amide bonds. The first kappa shape index (κ1) is 20.4. The number of hydrogen-bond donors (Lipinski definition) is 4. The Labute approximate surface area is 170 Å². The van der Waals surface area contributed by atoms with Crippen LogP contribution in [-0.2, 0) is 0 Å². The topological polar surface area (TPSA) is 130 Å². The van der Waals surface area contributed by atoms with Crippen molar-refractivity contribution in [2.24, 2.45) is 5.73 Å². The highest BCUT2D eigenvalue weighted by molar-refractivity contribution is 6.06. The van der Waals surface area contributed by atoms with Gasteiger partial charge in [-0.15, -0.1) is 0 Å². The Morgan fingerprint density at radius 2 is 2.10 bits per heavy atom. The lowest BCUT2D eigenvalue weighted by Gasteiger charge is -2.11. The summed E-state index contributed by atoms with van der Waals surface area (Å²) < 4.78 is 2.18. The van der Waals surface area contributed by atoms with Crippen LogP contribution in [0.3, 0.4) is 0 Å². The smallest absolute Gasteiger partial charge is 0.164 e. The van der Waals surface area contributed by atoms with Crippen LogP contribution < -0.4 is 16.4 Å². The van der Waals surface area contributed by atoms with E-state index in [0.717, 1.165) is 29.8 Å². The molecule has 0 aromatic carbocycles. The molecule has 0 atom stereocenters. The molecule has 3 rings (SSSR count). The Bertz CT molecular complexity index is 1020. The third-order valence-electron chi connectivity index (χ3n) is 4.38. The number of nitrogens with one attached hydrogen (secondary N) is 3. The van der Waals surface area contributed by atoms with Crippen molar-refractivity contribution in [3.63, 3.8) is 0 Å². The standard InChI is InChI=1S/C20H27N9/c1-13(2)29-14(3)26-16-12-25-19(9-17(16)29)27-18-5-8-24-20(28-18)15(10-22)11-23-7-4-6-21/h5,8-13,22-23H,4,6-7,21H2,1-3H3,(H,24,25,27,28)/b15-11+,22-10?. The molecule has 9 nitrogen and oxygen atoms in total. The molecule has 0 unspecified atom stereocenters. The molecule has 9 heteroatoms. The van der Waals surface area contributed by atoms with Crippen LogP contribution in [0.4, 0.5) is 11.6 Å².